The average molecular weight is 153 g/mol. The molecule has 1 N–H and O–H groups in total. The molecule has 2 unspecified atom stereocenters. The third kappa shape index (κ3) is 1.74. The molecular weight excluding hydrogens is 138 g/mol. The molecule has 0 aliphatic carbocycles. The molecule has 0 aromatic carbocycles. The van der Waals surface area contributed by atoms with Gasteiger partial charge in [0.1, 0.15) is 0 Å². The van der Waals surface area contributed by atoms with Crippen molar-refractivity contribution in [2.24, 2.45) is 5.92 Å². The number of terminal acetylenes is 1. The SMILES string of the molecule is C#CCN1CCC(C)C1CO. The van der Waals surface area contributed by atoms with Gasteiger partial charge in [-0.15, -0.1) is 6.42 Å². The van der Waals surface area contributed by atoms with Gasteiger partial charge < -0.3 is 5.11 Å². The van der Waals surface area contributed by atoms with Crippen molar-refractivity contribution >= 4 is 0 Å². The summed E-state index contributed by atoms with van der Waals surface area (Å²) in [5.74, 6) is 3.20. The summed E-state index contributed by atoms with van der Waals surface area (Å²) in [6.45, 7) is 4.12. The van der Waals surface area contributed by atoms with Crippen LogP contribution >= 0.6 is 0 Å². The van der Waals surface area contributed by atoms with E-state index in [1.165, 1.54) is 0 Å². The molecule has 62 valence electrons. The first kappa shape index (κ1) is 8.58. The maximum atomic E-state index is 9.02. The Hall–Kier alpha value is -0.520. The quantitative estimate of drug-likeness (QED) is 0.578. The summed E-state index contributed by atoms with van der Waals surface area (Å²) in [6.07, 6.45) is 6.36. The maximum absolute atomic E-state index is 9.02. The van der Waals surface area contributed by atoms with Gasteiger partial charge in [0.05, 0.1) is 13.2 Å². The van der Waals surface area contributed by atoms with Crippen LogP contribution in [0.5, 0.6) is 0 Å². The highest BCUT2D eigenvalue weighted by Crippen LogP contribution is 2.22. The number of nitrogens with zero attached hydrogens (tertiary/aromatic N) is 1. The minimum atomic E-state index is 0.239. The molecule has 0 saturated carbocycles. The van der Waals surface area contributed by atoms with Gasteiger partial charge in [-0.1, -0.05) is 12.8 Å². The van der Waals surface area contributed by atoms with Crippen molar-refractivity contribution in [3.63, 3.8) is 0 Å². The summed E-state index contributed by atoms with van der Waals surface area (Å²) >= 11 is 0. The van der Waals surface area contributed by atoms with Crippen LogP contribution < -0.4 is 0 Å². The Bertz CT molecular complexity index is 161. The van der Waals surface area contributed by atoms with E-state index in [2.05, 4.69) is 17.7 Å². The minimum Gasteiger partial charge on any atom is -0.395 e. The molecule has 11 heavy (non-hydrogen) atoms. The Labute approximate surface area is 68.2 Å². The lowest BCUT2D eigenvalue weighted by molar-refractivity contribution is 0.151. The number of aliphatic hydroxyl groups excluding tert-OH is 1. The summed E-state index contributed by atoms with van der Waals surface area (Å²) < 4.78 is 0. The molecule has 0 aromatic heterocycles. The molecule has 0 aromatic rings. The van der Waals surface area contributed by atoms with E-state index in [9.17, 15) is 0 Å². The second-order valence-corrected chi connectivity index (χ2v) is 3.19. The Morgan fingerprint density at radius 1 is 1.73 bits per heavy atom. The number of hydrogen-bond donors (Lipinski definition) is 1. The number of rotatable bonds is 2. The molecule has 1 fully saturated rings. The van der Waals surface area contributed by atoms with Crippen LogP contribution in [0.3, 0.4) is 0 Å². The van der Waals surface area contributed by atoms with E-state index < -0.39 is 0 Å². The van der Waals surface area contributed by atoms with Crippen LogP contribution in [0.2, 0.25) is 0 Å². The monoisotopic (exact) mass is 153 g/mol. The van der Waals surface area contributed by atoms with Crippen LogP contribution in [0.25, 0.3) is 0 Å². The van der Waals surface area contributed by atoms with Crippen molar-refractivity contribution < 1.29 is 5.11 Å². The Morgan fingerprint density at radius 2 is 2.45 bits per heavy atom. The standard InChI is InChI=1S/C9H15NO/c1-3-5-10-6-4-8(2)9(10)7-11/h1,8-9,11H,4-7H2,2H3. The lowest BCUT2D eigenvalue weighted by atomic mass is 10.0. The first-order valence-corrected chi connectivity index (χ1v) is 4.08. The van der Waals surface area contributed by atoms with E-state index in [0.29, 0.717) is 18.5 Å². The van der Waals surface area contributed by atoms with Gasteiger partial charge in [-0.25, -0.2) is 0 Å². The van der Waals surface area contributed by atoms with Gasteiger partial charge in [0.25, 0.3) is 0 Å². The second kappa shape index (κ2) is 3.75. The molecule has 1 aliphatic rings. The molecule has 1 saturated heterocycles. The van der Waals surface area contributed by atoms with Crippen molar-refractivity contribution in [3.05, 3.63) is 0 Å². The predicted molar refractivity (Wildman–Crippen MR) is 45.1 cm³/mol. The molecule has 1 rings (SSSR count). The lowest BCUT2D eigenvalue weighted by Gasteiger charge is -2.22. The van der Waals surface area contributed by atoms with E-state index in [1.807, 2.05) is 0 Å². The third-order valence-corrected chi connectivity index (χ3v) is 2.48. The smallest absolute Gasteiger partial charge is 0.0602 e. The molecule has 1 heterocycles. The molecule has 0 radical (unpaired) electrons. The average Bonchev–Trinajstić information content (AvgIpc) is 2.33. The fraction of sp³-hybridized carbons (Fsp3) is 0.778. The molecular formula is C9H15NO. The van der Waals surface area contributed by atoms with E-state index in [1.54, 1.807) is 0 Å². The molecule has 2 heteroatoms. The normalized spacial score (nSPS) is 32.1. The van der Waals surface area contributed by atoms with E-state index in [0.717, 1.165) is 13.0 Å². The van der Waals surface area contributed by atoms with Crippen molar-refractivity contribution in [3.8, 4) is 12.3 Å². The van der Waals surface area contributed by atoms with E-state index in [-0.39, 0.29) is 6.61 Å². The van der Waals surface area contributed by atoms with Gasteiger partial charge in [-0.3, -0.25) is 4.90 Å². The van der Waals surface area contributed by atoms with Crippen molar-refractivity contribution in [1.82, 2.24) is 4.90 Å². The summed E-state index contributed by atoms with van der Waals surface area (Å²) in [4.78, 5) is 2.17. The van der Waals surface area contributed by atoms with Gasteiger partial charge in [0.15, 0.2) is 0 Å². The van der Waals surface area contributed by atoms with Gasteiger partial charge in [-0.2, -0.15) is 0 Å². The number of aliphatic hydroxyl groups is 1. The first-order chi connectivity index (χ1) is 5.29. The van der Waals surface area contributed by atoms with Gasteiger partial charge >= 0.3 is 0 Å². The van der Waals surface area contributed by atoms with Crippen molar-refractivity contribution in [1.29, 1.82) is 0 Å². The summed E-state index contributed by atoms with van der Waals surface area (Å²) in [5, 5.41) is 9.02. The van der Waals surface area contributed by atoms with Crippen LogP contribution in [-0.4, -0.2) is 35.7 Å². The fourth-order valence-corrected chi connectivity index (χ4v) is 1.70. The number of likely N-dealkylation sites (tertiary alicyclic amines) is 1. The van der Waals surface area contributed by atoms with Gasteiger partial charge in [0, 0.05) is 6.04 Å². The predicted octanol–water partition coefficient (Wildman–Crippen LogP) is 0.322. The maximum Gasteiger partial charge on any atom is 0.0602 e. The van der Waals surface area contributed by atoms with Crippen LogP contribution in [0.4, 0.5) is 0 Å². The summed E-state index contributed by atoms with van der Waals surface area (Å²) in [7, 11) is 0. The minimum absolute atomic E-state index is 0.239. The topological polar surface area (TPSA) is 23.5 Å². The van der Waals surface area contributed by atoms with E-state index in [4.69, 9.17) is 11.5 Å². The number of hydrogen-bond acceptors (Lipinski definition) is 2. The Balaban J connectivity index is 2.48. The lowest BCUT2D eigenvalue weighted by Crippen LogP contribution is -2.35. The highest BCUT2D eigenvalue weighted by atomic mass is 16.3. The van der Waals surface area contributed by atoms with Crippen LogP contribution in [0.15, 0.2) is 0 Å². The molecule has 2 atom stereocenters. The largest absolute Gasteiger partial charge is 0.395 e. The molecule has 1 aliphatic heterocycles. The summed E-state index contributed by atoms with van der Waals surface area (Å²) in [5.41, 5.74) is 0. The van der Waals surface area contributed by atoms with Crippen molar-refractivity contribution in [2.75, 3.05) is 19.7 Å². The van der Waals surface area contributed by atoms with Crippen LogP contribution in [0, 0.1) is 18.3 Å². The van der Waals surface area contributed by atoms with Gasteiger partial charge in [0.2, 0.25) is 0 Å². The second-order valence-electron chi connectivity index (χ2n) is 3.19. The third-order valence-electron chi connectivity index (χ3n) is 2.48. The molecule has 0 spiro atoms. The zero-order chi connectivity index (χ0) is 8.27. The Kier molecular flexibility index (Phi) is 2.92. The van der Waals surface area contributed by atoms with Crippen LogP contribution in [0.1, 0.15) is 13.3 Å². The van der Waals surface area contributed by atoms with Crippen molar-refractivity contribution in [2.45, 2.75) is 19.4 Å². The zero-order valence-corrected chi connectivity index (χ0v) is 6.95. The molecule has 2 nitrogen and oxygen atoms in total. The highest BCUT2D eigenvalue weighted by molar-refractivity contribution is 4.94. The highest BCUT2D eigenvalue weighted by Gasteiger charge is 2.29. The first-order valence-electron chi connectivity index (χ1n) is 4.08. The van der Waals surface area contributed by atoms with Crippen LogP contribution in [-0.2, 0) is 0 Å². The van der Waals surface area contributed by atoms with Gasteiger partial charge in [-0.05, 0) is 18.9 Å². The summed E-state index contributed by atoms with van der Waals surface area (Å²) in [6, 6.07) is 0.297. The Morgan fingerprint density at radius 3 is 3.00 bits per heavy atom. The molecule has 0 bridgehead atoms. The zero-order valence-electron chi connectivity index (χ0n) is 6.95. The molecule has 0 amide bonds. The fourth-order valence-electron chi connectivity index (χ4n) is 1.70. The van der Waals surface area contributed by atoms with E-state index >= 15 is 0 Å².